The number of para-hydroxylation sites is 1. The van der Waals surface area contributed by atoms with E-state index in [4.69, 9.17) is 16.6 Å². The molecule has 2 unspecified atom stereocenters. The highest BCUT2D eigenvalue weighted by molar-refractivity contribution is 8.00. The number of halogens is 1. The molecular weight excluding hydrogens is 624 g/mol. The maximum absolute atomic E-state index is 14.4. The number of anilines is 1. The van der Waals surface area contributed by atoms with Gasteiger partial charge in [-0.05, 0) is 104 Å². The summed E-state index contributed by atoms with van der Waals surface area (Å²) in [4.78, 5) is 38.2. The fourth-order valence-electron chi connectivity index (χ4n) is 7.61. The van der Waals surface area contributed by atoms with Crippen LogP contribution < -0.4 is 10.5 Å². The van der Waals surface area contributed by atoms with E-state index in [1.165, 1.54) is 30.2 Å². The maximum atomic E-state index is 14.4. The smallest absolute Gasteiger partial charge is 0.266 e. The van der Waals surface area contributed by atoms with Crippen LogP contribution in [0.4, 0.5) is 5.69 Å². The fourth-order valence-corrected chi connectivity index (χ4v) is 9.22. The molecule has 1 spiro atoms. The van der Waals surface area contributed by atoms with Crippen LogP contribution in [-0.4, -0.2) is 51.8 Å². The first-order chi connectivity index (χ1) is 22.8. The summed E-state index contributed by atoms with van der Waals surface area (Å²) >= 11 is 7.76. The van der Waals surface area contributed by atoms with E-state index < -0.39 is 0 Å². The number of carbonyl (C=O) groups excluding carboxylic acids is 1. The van der Waals surface area contributed by atoms with Crippen LogP contribution >= 0.6 is 23.4 Å². The molecule has 8 heteroatoms. The summed E-state index contributed by atoms with van der Waals surface area (Å²) in [6.45, 7) is 7.73. The first-order valence-electron chi connectivity index (χ1n) is 17.1. The van der Waals surface area contributed by atoms with Gasteiger partial charge in [-0.25, -0.2) is 4.98 Å². The van der Waals surface area contributed by atoms with Crippen molar-refractivity contribution >= 4 is 51.4 Å². The Morgan fingerprint density at radius 1 is 0.957 bits per heavy atom. The summed E-state index contributed by atoms with van der Waals surface area (Å²) in [5.41, 5.74) is 5.08. The lowest BCUT2D eigenvalue weighted by Crippen LogP contribution is -2.39. The van der Waals surface area contributed by atoms with Crippen molar-refractivity contribution in [3.63, 3.8) is 0 Å². The number of hydrogen-bond donors (Lipinski definition) is 0. The lowest BCUT2D eigenvalue weighted by Gasteiger charge is -2.28. The molecule has 3 aliphatic rings. The average Bonchev–Trinajstić information content (AvgIpc) is 3.71. The molecule has 6 nitrogen and oxygen atoms in total. The minimum atomic E-state index is -0.348. The zero-order chi connectivity index (χ0) is 32.5. The van der Waals surface area contributed by atoms with Crippen molar-refractivity contribution in [3.05, 3.63) is 99.8 Å². The molecule has 244 valence electrons. The molecule has 1 amide bonds. The Labute approximate surface area is 286 Å². The third-order valence-corrected chi connectivity index (χ3v) is 11.5. The van der Waals surface area contributed by atoms with Gasteiger partial charge in [-0.15, -0.1) is 0 Å². The highest BCUT2D eigenvalue weighted by atomic mass is 35.5. The Bertz CT molecular complexity index is 1890. The van der Waals surface area contributed by atoms with E-state index >= 15 is 0 Å². The minimum absolute atomic E-state index is 0.0859. The van der Waals surface area contributed by atoms with Crippen molar-refractivity contribution in [1.82, 2.24) is 14.5 Å². The third-order valence-electron chi connectivity index (χ3n) is 10.1. The molecule has 47 heavy (non-hydrogen) atoms. The Hall–Kier alpha value is -3.55. The lowest BCUT2D eigenvalue weighted by molar-refractivity contribution is -0.130. The van der Waals surface area contributed by atoms with Crippen molar-refractivity contribution in [2.24, 2.45) is 11.3 Å². The second-order valence-electron chi connectivity index (χ2n) is 14.0. The first kappa shape index (κ1) is 32.0. The molecule has 2 fully saturated rings. The molecule has 0 saturated carbocycles. The van der Waals surface area contributed by atoms with Gasteiger partial charge in [0.05, 0.1) is 21.8 Å². The van der Waals surface area contributed by atoms with Crippen LogP contribution in [0.15, 0.2) is 88.8 Å². The number of hydrogen-bond acceptors (Lipinski definition) is 5. The maximum Gasteiger partial charge on any atom is 0.266 e. The van der Waals surface area contributed by atoms with Crippen molar-refractivity contribution in [2.45, 2.75) is 69.2 Å². The van der Waals surface area contributed by atoms with Crippen LogP contribution in [-0.2, 0) is 4.79 Å². The number of nitrogens with zero attached hydrogens (tertiary/aromatic N) is 4. The third kappa shape index (κ3) is 6.75. The zero-order valence-corrected chi connectivity index (χ0v) is 28.9. The molecule has 1 aliphatic carbocycles. The Morgan fingerprint density at radius 2 is 1.77 bits per heavy atom. The summed E-state index contributed by atoms with van der Waals surface area (Å²) in [6.07, 6.45) is 9.64. The summed E-state index contributed by atoms with van der Waals surface area (Å²) < 4.78 is 1.74. The van der Waals surface area contributed by atoms with Gasteiger partial charge in [0, 0.05) is 42.3 Å². The number of thioether (sulfide) groups is 1. The van der Waals surface area contributed by atoms with E-state index in [1.807, 2.05) is 54.6 Å². The Kier molecular flexibility index (Phi) is 9.21. The molecule has 3 aromatic carbocycles. The summed E-state index contributed by atoms with van der Waals surface area (Å²) in [6, 6.07) is 23.9. The number of aromatic nitrogens is 2. The lowest BCUT2D eigenvalue weighted by atomic mass is 9.86. The fraction of sp³-hybridized carbons (Fsp3) is 0.410. The molecule has 0 bridgehead atoms. The standard InChI is InChI=1S/C39H43ClN4O2S/c1-27(2)22-35(37(46)43-21-19-39(26-43)18-20-42(25-39)31-14-9-13-30(40)24-31)47-38-41-34-17-7-6-16-33(34)36(45)44(38)32-15-8-12-29(23-32)28-10-4-3-5-11-28/h6-10,12-17,23-24,27,35H,3-5,11,18-22,25-26H2,1-2H3. The van der Waals surface area contributed by atoms with Gasteiger partial charge < -0.3 is 9.80 Å². The van der Waals surface area contributed by atoms with E-state index in [0.717, 1.165) is 73.8 Å². The minimum Gasteiger partial charge on any atom is -0.371 e. The van der Waals surface area contributed by atoms with E-state index in [0.29, 0.717) is 28.4 Å². The van der Waals surface area contributed by atoms with Crippen LogP contribution in [0.3, 0.4) is 0 Å². The molecule has 1 aromatic heterocycles. The number of carbonyl (C=O) groups is 1. The summed E-state index contributed by atoms with van der Waals surface area (Å²) in [7, 11) is 0. The number of amides is 1. The topological polar surface area (TPSA) is 58.4 Å². The van der Waals surface area contributed by atoms with Gasteiger partial charge >= 0.3 is 0 Å². The second kappa shape index (κ2) is 13.5. The zero-order valence-electron chi connectivity index (χ0n) is 27.3. The van der Waals surface area contributed by atoms with Crippen molar-refractivity contribution in [3.8, 4) is 5.69 Å². The number of rotatable bonds is 8. The monoisotopic (exact) mass is 666 g/mol. The van der Waals surface area contributed by atoms with Gasteiger partial charge in [-0.2, -0.15) is 0 Å². The van der Waals surface area contributed by atoms with Crippen LogP contribution in [0.2, 0.25) is 5.02 Å². The Balaban J connectivity index is 1.19. The number of benzene rings is 3. The van der Waals surface area contributed by atoms with Gasteiger partial charge in [0.25, 0.3) is 5.56 Å². The molecular formula is C39H43ClN4O2S. The molecule has 2 atom stereocenters. The van der Waals surface area contributed by atoms with Gasteiger partial charge in [-0.3, -0.25) is 14.2 Å². The van der Waals surface area contributed by atoms with Crippen LogP contribution in [0.1, 0.15) is 64.4 Å². The molecule has 0 radical (unpaired) electrons. The SMILES string of the molecule is CC(C)CC(Sc1nc2ccccc2c(=O)n1-c1cccc(C2=CCCCC2)c1)C(=O)N1CCC2(CCN(c3cccc(Cl)c3)C2)C1. The normalized spacial score (nSPS) is 20.4. The van der Waals surface area contributed by atoms with E-state index in [9.17, 15) is 9.59 Å². The molecule has 3 heterocycles. The van der Waals surface area contributed by atoms with Crippen LogP contribution in [0.5, 0.6) is 0 Å². The summed E-state index contributed by atoms with van der Waals surface area (Å²) in [5.74, 6) is 0.455. The van der Waals surface area contributed by atoms with Gasteiger partial charge in [0.15, 0.2) is 5.16 Å². The largest absolute Gasteiger partial charge is 0.371 e. The highest BCUT2D eigenvalue weighted by Crippen LogP contribution is 2.43. The number of allylic oxidation sites excluding steroid dienone is 2. The first-order valence-corrected chi connectivity index (χ1v) is 18.3. The van der Waals surface area contributed by atoms with E-state index in [2.05, 4.69) is 47.9 Å². The van der Waals surface area contributed by atoms with E-state index in [1.54, 1.807) is 4.57 Å². The van der Waals surface area contributed by atoms with Gasteiger partial charge in [0.1, 0.15) is 0 Å². The van der Waals surface area contributed by atoms with Crippen molar-refractivity contribution < 1.29 is 4.79 Å². The Morgan fingerprint density at radius 3 is 2.57 bits per heavy atom. The summed E-state index contributed by atoms with van der Waals surface area (Å²) in [5, 5.41) is 1.56. The van der Waals surface area contributed by atoms with Gasteiger partial charge in [0.2, 0.25) is 5.91 Å². The molecule has 4 aromatic rings. The quantitative estimate of drug-likeness (QED) is 0.139. The predicted molar refractivity (Wildman–Crippen MR) is 195 cm³/mol. The van der Waals surface area contributed by atoms with Crippen LogP contribution in [0, 0.1) is 11.3 Å². The molecule has 2 aliphatic heterocycles. The predicted octanol–water partition coefficient (Wildman–Crippen LogP) is 8.63. The number of fused-ring (bicyclic) bond motifs is 1. The highest BCUT2D eigenvalue weighted by Gasteiger charge is 2.46. The number of likely N-dealkylation sites (tertiary alicyclic amines) is 1. The van der Waals surface area contributed by atoms with Crippen molar-refractivity contribution in [1.29, 1.82) is 0 Å². The average molecular weight is 667 g/mol. The molecule has 2 saturated heterocycles. The van der Waals surface area contributed by atoms with Crippen LogP contribution in [0.25, 0.3) is 22.2 Å². The molecule has 7 rings (SSSR count). The van der Waals surface area contributed by atoms with E-state index in [-0.39, 0.29) is 22.1 Å². The van der Waals surface area contributed by atoms with Gasteiger partial charge in [-0.1, -0.05) is 73.6 Å². The second-order valence-corrected chi connectivity index (χ2v) is 15.6. The van der Waals surface area contributed by atoms with Crippen molar-refractivity contribution in [2.75, 3.05) is 31.1 Å². The molecule has 0 N–H and O–H groups in total.